The molecule has 0 aliphatic carbocycles. The van der Waals surface area contributed by atoms with Crippen molar-refractivity contribution in [3.8, 4) is 17.1 Å². The molecule has 3 heteroatoms. The zero-order chi connectivity index (χ0) is 29.5. The van der Waals surface area contributed by atoms with E-state index in [1.165, 1.54) is 76.7 Å². The van der Waals surface area contributed by atoms with Crippen molar-refractivity contribution in [2.24, 2.45) is 0 Å². The summed E-state index contributed by atoms with van der Waals surface area (Å²) in [6, 6.07) is 57.2. The van der Waals surface area contributed by atoms with Gasteiger partial charge >= 0.3 is 0 Å². The molecule has 0 saturated heterocycles. The van der Waals surface area contributed by atoms with Gasteiger partial charge in [0.25, 0.3) is 0 Å². The van der Waals surface area contributed by atoms with E-state index in [2.05, 4.69) is 178 Å². The highest BCUT2D eigenvalue weighted by Crippen LogP contribution is 2.39. The molecule has 0 fully saturated rings. The largest absolute Gasteiger partial charge is 0.317 e. The summed E-state index contributed by atoms with van der Waals surface area (Å²) in [5, 5.41) is 8.79. The number of aromatic nitrogens is 3. The Balaban J connectivity index is 1.21. The molecule has 3 aromatic heterocycles. The van der Waals surface area contributed by atoms with Gasteiger partial charge in [-0.3, -0.25) is 0 Å². The van der Waals surface area contributed by atoms with Crippen molar-refractivity contribution in [3.63, 3.8) is 0 Å². The van der Waals surface area contributed by atoms with E-state index < -0.39 is 0 Å². The van der Waals surface area contributed by atoms with E-state index in [-0.39, 0.29) is 0 Å². The Bertz CT molecular complexity index is 2740. The highest BCUT2D eigenvalue weighted by atomic mass is 15.0. The Morgan fingerprint density at radius 3 is 1.69 bits per heavy atom. The van der Waals surface area contributed by atoms with Crippen LogP contribution in [0.3, 0.4) is 0 Å². The van der Waals surface area contributed by atoms with Gasteiger partial charge in [0.05, 0.1) is 27.6 Å². The molecule has 210 valence electrons. The summed E-state index contributed by atoms with van der Waals surface area (Å²) in [5.41, 5.74) is 9.63. The fraction of sp³-hybridized carbons (Fsp3) is 0. The van der Waals surface area contributed by atoms with Crippen LogP contribution >= 0.6 is 0 Å². The monoisotopic (exact) mass is 573 g/mol. The summed E-state index contributed by atoms with van der Waals surface area (Å²) >= 11 is 0. The van der Waals surface area contributed by atoms with Crippen molar-refractivity contribution in [2.75, 3.05) is 0 Å². The molecule has 0 bridgehead atoms. The minimum Gasteiger partial charge on any atom is -0.317 e. The van der Waals surface area contributed by atoms with Crippen LogP contribution in [0.2, 0.25) is 0 Å². The molecule has 10 rings (SSSR count). The van der Waals surface area contributed by atoms with Gasteiger partial charge in [0.1, 0.15) is 0 Å². The van der Waals surface area contributed by atoms with Gasteiger partial charge in [-0.1, -0.05) is 84.9 Å². The number of para-hydroxylation sites is 4. The molecule has 0 saturated carbocycles. The van der Waals surface area contributed by atoms with Gasteiger partial charge in [-0.2, -0.15) is 0 Å². The molecule has 0 atom stereocenters. The van der Waals surface area contributed by atoms with Crippen LogP contribution in [0.5, 0.6) is 0 Å². The Labute approximate surface area is 259 Å². The third-order valence-electron chi connectivity index (χ3n) is 9.42. The zero-order valence-electron chi connectivity index (χ0n) is 24.4. The molecule has 0 aliphatic rings. The maximum atomic E-state index is 2.42. The van der Waals surface area contributed by atoms with Crippen LogP contribution in [-0.2, 0) is 0 Å². The first kappa shape index (κ1) is 24.4. The first-order valence-corrected chi connectivity index (χ1v) is 15.4. The van der Waals surface area contributed by atoms with Crippen molar-refractivity contribution < 1.29 is 0 Å². The molecule has 0 radical (unpaired) electrons. The maximum absolute atomic E-state index is 2.42. The van der Waals surface area contributed by atoms with Crippen molar-refractivity contribution in [1.29, 1.82) is 0 Å². The molecule has 0 amide bonds. The maximum Gasteiger partial charge on any atom is 0.0619 e. The van der Waals surface area contributed by atoms with Gasteiger partial charge in [0.15, 0.2) is 0 Å². The Morgan fingerprint density at radius 2 is 0.933 bits per heavy atom. The predicted molar refractivity (Wildman–Crippen MR) is 189 cm³/mol. The second-order valence-corrected chi connectivity index (χ2v) is 11.9. The lowest BCUT2D eigenvalue weighted by atomic mass is 10.0. The van der Waals surface area contributed by atoms with E-state index in [4.69, 9.17) is 0 Å². The third-order valence-corrected chi connectivity index (χ3v) is 9.42. The van der Waals surface area contributed by atoms with Crippen LogP contribution in [0, 0.1) is 0 Å². The van der Waals surface area contributed by atoms with Gasteiger partial charge in [0, 0.05) is 55.6 Å². The molecule has 7 aromatic carbocycles. The Hall–Kier alpha value is -6.06. The van der Waals surface area contributed by atoms with Crippen LogP contribution in [0.1, 0.15) is 0 Å². The molecule has 0 spiro atoms. The number of rotatable bonds is 3. The predicted octanol–water partition coefficient (Wildman–Crippen LogP) is 11.0. The van der Waals surface area contributed by atoms with Crippen LogP contribution < -0.4 is 0 Å². The SMILES string of the molecule is c1ccc(-n2c3ccccc3c3cc(-n4ccc5cc6c(ccc7c8ccccc8n(-c8ccccc8)c67)cc54)ccc32)cc1. The summed E-state index contributed by atoms with van der Waals surface area (Å²) in [6.45, 7) is 0. The Morgan fingerprint density at radius 1 is 0.311 bits per heavy atom. The van der Waals surface area contributed by atoms with Gasteiger partial charge < -0.3 is 13.7 Å². The summed E-state index contributed by atoms with van der Waals surface area (Å²) in [6.07, 6.45) is 2.21. The van der Waals surface area contributed by atoms with E-state index in [1.54, 1.807) is 0 Å². The van der Waals surface area contributed by atoms with Crippen LogP contribution in [0.25, 0.3) is 82.3 Å². The highest BCUT2D eigenvalue weighted by molar-refractivity contribution is 6.20. The lowest BCUT2D eigenvalue weighted by molar-refractivity contribution is 1.13. The third kappa shape index (κ3) is 3.46. The fourth-order valence-corrected chi connectivity index (χ4v) is 7.45. The number of hydrogen-bond acceptors (Lipinski definition) is 0. The van der Waals surface area contributed by atoms with Gasteiger partial charge in [-0.05, 0) is 78.2 Å². The summed E-state index contributed by atoms with van der Waals surface area (Å²) in [7, 11) is 0. The number of nitrogens with zero attached hydrogens (tertiary/aromatic N) is 3. The first-order valence-electron chi connectivity index (χ1n) is 15.4. The van der Waals surface area contributed by atoms with Crippen molar-refractivity contribution in [2.45, 2.75) is 0 Å². The lowest BCUT2D eigenvalue weighted by Crippen LogP contribution is -1.95. The molecule has 3 heterocycles. The lowest BCUT2D eigenvalue weighted by Gasteiger charge is -2.11. The van der Waals surface area contributed by atoms with Gasteiger partial charge in [-0.15, -0.1) is 0 Å². The minimum atomic E-state index is 1.16. The smallest absolute Gasteiger partial charge is 0.0619 e. The van der Waals surface area contributed by atoms with E-state index in [9.17, 15) is 0 Å². The molecule has 0 N–H and O–H groups in total. The summed E-state index contributed by atoms with van der Waals surface area (Å²) in [4.78, 5) is 0. The molecule has 10 aromatic rings. The molecule has 3 nitrogen and oxygen atoms in total. The molecule has 45 heavy (non-hydrogen) atoms. The normalized spacial score (nSPS) is 12.0. The van der Waals surface area contributed by atoms with E-state index >= 15 is 0 Å². The number of benzene rings is 7. The van der Waals surface area contributed by atoms with Gasteiger partial charge in [0.2, 0.25) is 0 Å². The van der Waals surface area contributed by atoms with E-state index in [0.717, 1.165) is 5.69 Å². The highest BCUT2D eigenvalue weighted by Gasteiger charge is 2.17. The second kappa shape index (κ2) is 9.22. The zero-order valence-corrected chi connectivity index (χ0v) is 24.4. The Kier molecular flexibility index (Phi) is 5.00. The molecule has 0 aliphatic heterocycles. The number of hydrogen-bond donors (Lipinski definition) is 0. The van der Waals surface area contributed by atoms with E-state index in [0.29, 0.717) is 0 Å². The first-order chi connectivity index (χ1) is 22.3. The topological polar surface area (TPSA) is 14.8 Å². The average Bonchev–Trinajstić information content (AvgIpc) is 3.78. The van der Waals surface area contributed by atoms with Gasteiger partial charge in [-0.25, -0.2) is 0 Å². The standard InChI is InChI=1S/C42H27N3/c1-3-11-30(12-4-1)44-38-17-9-8-16-34(38)37-27-32(20-22-40(37)44)43-24-23-29-25-36-28(26-41(29)43)19-21-35-33-15-7-10-18-39(33)45(42(35)36)31-13-5-2-6-14-31/h1-27H. The second-order valence-electron chi connectivity index (χ2n) is 11.9. The van der Waals surface area contributed by atoms with Crippen molar-refractivity contribution in [3.05, 3.63) is 164 Å². The van der Waals surface area contributed by atoms with Crippen molar-refractivity contribution >= 4 is 65.3 Å². The van der Waals surface area contributed by atoms with Crippen LogP contribution in [0.4, 0.5) is 0 Å². The fourth-order valence-electron chi connectivity index (χ4n) is 7.45. The molecular weight excluding hydrogens is 546 g/mol. The number of fused-ring (bicyclic) bond motifs is 9. The molecule has 0 unspecified atom stereocenters. The van der Waals surface area contributed by atoms with Crippen LogP contribution in [0.15, 0.2) is 164 Å². The van der Waals surface area contributed by atoms with Crippen molar-refractivity contribution in [1.82, 2.24) is 13.7 Å². The minimum absolute atomic E-state index is 1.16. The molecular formula is C42H27N3. The average molecular weight is 574 g/mol. The summed E-state index contributed by atoms with van der Waals surface area (Å²) in [5.74, 6) is 0. The van der Waals surface area contributed by atoms with Crippen LogP contribution in [-0.4, -0.2) is 13.7 Å². The van der Waals surface area contributed by atoms with E-state index in [1.807, 2.05) is 0 Å². The summed E-state index contributed by atoms with van der Waals surface area (Å²) < 4.78 is 7.12. The quantitative estimate of drug-likeness (QED) is 0.200.